The molecule has 0 saturated heterocycles. The number of hydrogen-bond acceptors (Lipinski definition) is 3. The van der Waals surface area contributed by atoms with Gasteiger partial charge in [0.25, 0.3) is 5.91 Å². The normalized spacial score (nSPS) is 10.5. The molecule has 1 aromatic heterocycles. The van der Waals surface area contributed by atoms with Gasteiger partial charge in [0.1, 0.15) is 0 Å². The SMILES string of the molecule is Nc1cc(C(=O)Nc2ccc3ncccc3c2)ccc1Cl. The van der Waals surface area contributed by atoms with Crippen LogP contribution >= 0.6 is 11.6 Å². The lowest BCUT2D eigenvalue weighted by molar-refractivity contribution is 0.102. The number of amides is 1. The van der Waals surface area contributed by atoms with Crippen molar-refractivity contribution < 1.29 is 4.79 Å². The van der Waals surface area contributed by atoms with Crippen molar-refractivity contribution in [2.45, 2.75) is 0 Å². The predicted octanol–water partition coefficient (Wildman–Crippen LogP) is 3.72. The Kier molecular flexibility index (Phi) is 3.46. The number of nitrogens with zero attached hydrogens (tertiary/aromatic N) is 1. The van der Waals surface area contributed by atoms with E-state index < -0.39 is 0 Å². The van der Waals surface area contributed by atoms with Crippen molar-refractivity contribution >= 4 is 39.8 Å². The van der Waals surface area contributed by atoms with E-state index in [1.165, 1.54) is 0 Å². The van der Waals surface area contributed by atoms with Gasteiger partial charge in [-0.2, -0.15) is 0 Å². The number of anilines is 2. The van der Waals surface area contributed by atoms with Crippen molar-refractivity contribution in [1.82, 2.24) is 4.98 Å². The van der Waals surface area contributed by atoms with Gasteiger partial charge >= 0.3 is 0 Å². The third kappa shape index (κ3) is 2.80. The number of carbonyl (C=O) groups is 1. The van der Waals surface area contributed by atoms with Crippen LogP contribution < -0.4 is 11.1 Å². The minimum Gasteiger partial charge on any atom is -0.398 e. The molecule has 3 N–H and O–H groups in total. The average molecular weight is 298 g/mol. The summed E-state index contributed by atoms with van der Waals surface area (Å²) in [5, 5.41) is 4.23. The third-order valence-corrected chi connectivity index (χ3v) is 3.46. The Morgan fingerprint density at radius 3 is 2.81 bits per heavy atom. The van der Waals surface area contributed by atoms with E-state index >= 15 is 0 Å². The summed E-state index contributed by atoms with van der Waals surface area (Å²) in [6.07, 6.45) is 1.73. The van der Waals surface area contributed by atoms with Gasteiger partial charge in [0.2, 0.25) is 0 Å². The van der Waals surface area contributed by atoms with Gasteiger partial charge < -0.3 is 11.1 Å². The average Bonchev–Trinajstić information content (AvgIpc) is 2.50. The van der Waals surface area contributed by atoms with Crippen molar-refractivity contribution in [3.8, 4) is 0 Å². The second-order valence-electron chi connectivity index (χ2n) is 4.60. The second kappa shape index (κ2) is 5.42. The van der Waals surface area contributed by atoms with Crippen LogP contribution in [0.25, 0.3) is 10.9 Å². The first-order valence-corrected chi connectivity index (χ1v) is 6.72. The van der Waals surface area contributed by atoms with Crippen LogP contribution in [0.2, 0.25) is 5.02 Å². The molecular formula is C16H12ClN3O. The lowest BCUT2D eigenvalue weighted by Gasteiger charge is -2.07. The number of rotatable bonds is 2. The molecule has 1 heterocycles. The molecule has 0 atom stereocenters. The lowest BCUT2D eigenvalue weighted by Crippen LogP contribution is -2.12. The van der Waals surface area contributed by atoms with E-state index in [1.807, 2.05) is 30.3 Å². The maximum atomic E-state index is 12.2. The Morgan fingerprint density at radius 2 is 2.00 bits per heavy atom. The number of benzene rings is 2. The number of nitrogens with one attached hydrogen (secondary N) is 1. The molecule has 0 saturated carbocycles. The lowest BCUT2D eigenvalue weighted by atomic mass is 10.1. The summed E-state index contributed by atoms with van der Waals surface area (Å²) in [6, 6.07) is 14.1. The topological polar surface area (TPSA) is 68.0 Å². The highest BCUT2D eigenvalue weighted by Gasteiger charge is 2.08. The summed E-state index contributed by atoms with van der Waals surface area (Å²) in [5.41, 5.74) is 8.13. The minimum atomic E-state index is -0.235. The Balaban J connectivity index is 1.87. The summed E-state index contributed by atoms with van der Waals surface area (Å²) in [7, 11) is 0. The Hall–Kier alpha value is -2.59. The fourth-order valence-electron chi connectivity index (χ4n) is 2.04. The van der Waals surface area contributed by atoms with Crippen LogP contribution in [-0.2, 0) is 0 Å². The van der Waals surface area contributed by atoms with Gasteiger partial charge in [-0.1, -0.05) is 17.7 Å². The number of fused-ring (bicyclic) bond motifs is 1. The smallest absolute Gasteiger partial charge is 0.255 e. The Morgan fingerprint density at radius 1 is 1.14 bits per heavy atom. The number of carbonyl (C=O) groups excluding carboxylic acids is 1. The number of nitrogens with two attached hydrogens (primary N) is 1. The van der Waals surface area contributed by atoms with Crippen molar-refractivity contribution in [2.24, 2.45) is 0 Å². The number of aromatic nitrogens is 1. The number of halogens is 1. The van der Waals surface area contributed by atoms with E-state index in [0.717, 1.165) is 10.9 Å². The van der Waals surface area contributed by atoms with Crippen molar-refractivity contribution in [1.29, 1.82) is 0 Å². The van der Waals surface area contributed by atoms with Gasteiger partial charge in [-0.25, -0.2) is 0 Å². The van der Waals surface area contributed by atoms with Gasteiger partial charge in [0.05, 0.1) is 16.2 Å². The molecule has 3 rings (SSSR count). The summed E-state index contributed by atoms with van der Waals surface area (Å²) in [6.45, 7) is 0. The zero-order valence-electron chi connectivity index (χ0n) is 11.0. The molecular weight excluding hydrogens is 286 g/mol. The fourth-order valence-corrected chi connectivity index (χ4v) is 2.16. The second-order valence-corrected chi connectivity index (χ2v) is 5.01. The largest absolute Gasteiger partial charge is 0.398 e. The molecule has 0 aliphatic heterocycles. The van der Waals surface area contributed by atoms with Crippen LogP contribution in [0.15, 0.2) is 54.7 Å². The molecule has 0 unspecified atom stereocenters. The van der Waals surface area contributed by atoms with Crippen LogP contribution in [0.4, 0.5) is 11.4 Å². The highest BCUT2D eigenvalue weighted by molar-refractivity contribution is 6.33. The first-order valence-electron chi connectivity index (χ1n) is 6.34. The number of pyridine rings is 1. The molecule has 0 spiro atoms. The molecule has 0 bridgehead atoms. The fraction of sp³-hybridized carbons (Fsp3) is 0. The summed E-state index contributed by atoms with van der Waals surface area (Å²) >= 11 is 5.85. The first kappa shape index (κ1) is 13.4. The van der Waals surface area contributed by atoms with Crippen LogP contribution in [0.3, 0.4) is 0 Å². The standard InChI is InChI=1S/C16H12ClN3O/c17-13-5-3-11(9-14(13)18)16(21)20-12-4-6-15-10(8-12)2-1-7-19-15/h1-9H,18H2,(H,20,21). The van der Waals surface area contributed by atoms with Gasteiger partial charge in [-0.3, -0.25) is 9.78 Å². The molecule has 3 aromatic rings. The van der Waals surface area contributed by atoms with Gasteiger partial charge in [-0.05, 0) is 42.5 Å². The van der Waals surface area contributed by atoms with E-state index in [-0.39, 0.29) is 5.91 Å². The maximum Gasteiger partial charge on any atom is 0.255 e. The predicted molar refractivity (Wildman–Crippen MR) is 85.6 cm³/mol. The highest BCUT2D eigenvalue weighted by Crippen LogP contribution is 2.21. The highest BCUT2D eigenvalue weighted by atomic mass is 35.5. The van der Waals surface area contributed by atoms with Crippen molar-refractivity contribution in [3.05, 3.63) is 65.3 Å². The minimum absolute atomic E-state index is 0.235. The van der Waals surface area contributed by atoms with Crippen LogP contribution in [0.5, 0.6) is 0 Å². The molecule has 0 aliphatic carbocycles. The zero-order valence-corrected chi connectivity index (χ0v) is 11.8. The Bertz CT molecular complexity index is 833. The first-order chi connectivity index (χ1) is 10.1. The van der Waals surface area contributed by atoms with Crippen molar-refractivity contribution in [2.75, 3.05) is 11.1 Å². The third-order valence-electron chi connectivity index (χ3n) is 3.12. The molecule has 5 heteroatoms. The summed E-state index contributed by atoms with van der Waals surface area (Å²) < 4.78 is 0. The molecule has 2 aromatic carbocycles. The number of nitrogen functional groups attached to an aromatic ring is 1. The molecule has 1 amide bonds. The molecule has 0 radical (unpaired) electrons. The molecule has 4 nitrogen and oxygen atoms in total. The van der Waals surface area contributed by atoms with Gasteiger partial charge in [-0.15, -0.1) is 0 Å². The maximum absolute atomic E-state index is 12.2. The molecule has 0 fully saturated rings. The van der Waals surface area contributed by atoms with Crippen LogP contribution in [0, 0.1) is 0 Å². The quantitative estimate of drug-likeness (QED) is 0.708. The number of hydrogen-bond donors (Lipinski definition) is 2. The van der Waals surface area contributed by atoms with Crippen molar-refractivity contribution in [3.63, 3.8) is 0 Å². The molecule has 21 heavy (non-hydrogen) atoms. The molecule has 0 aliphatic rings. The summed E-state index contributed by atoms with van der Waals surface area (Å²) in [4.78, 5) is 16.4. The van der Waals surface area contributed by atoms with E-state index in [2.05, 4.69) is 10.3 Å². The van der Waals surface area contributed by atoms with Gasteiger partial charge in [0, 0.05) is 22.8 Å². The van der Waals surface area contributed by atoms with E-state index in [0.29, 0.717) is 22.0 Å². The van der Waals surface area contributed by atoms with E-state index in [4.69, 9.17) is 17.3 Å². The van der Waals surface area contributed by atoms with E-state index in [1.54, 1.807) is 24.4 Å². The monoisotopic (exact) mass is 297 g/mol. The van der Waals surface area contributed by atoms with Crippen LogP contribution in [0.1, 0.15) is 10.4 Å². The van der Waals surface area contributed by atoms with Crippen LogP contribution in [-0.4, -0.2) is 10.9 Å². The summed E-state index contributed by atoms with van der Waals surface area (Å²) in [5.74, 6) is -0.235. The molecule has 104 valence electrons. The zero-order chi connectivity index (χ0) is 14.8. The Labute approximate surface area is 126 Å². The van der Waals surface area contributed by atoms with E-state index in [9.17, 15) is 4.79 Å². The van der Waals surface area contributed by atoms with Gasteiger partial charge in [0.15, 0.2) is 0 Å².